The third kappa shape index (κ3) is 4.74. The van der Waals surface area contributed by atoms with E-state index in [2.05, 4.69) is 53.7 Å². The molecule has 0 bridgehead atoms. The van der Waals surface area contributed by atoms with Crippen LogP contribution in [0.15, 0.2) is 60.8 Å². The van der Waals surface area contributed by atoms with E-state index >= 15 is 0 Å². The van der Waals surface area contributed by atoms with Gasteiger partial charge in [0, 0.05) is 30.4 Å². The lowest BCUT2D eigenvalue weighted by atomic mass is 10.0. The fourth-order valence-electron chi connectivity index (χ4n) is 4.33. The quantitative estimate of drug-likeness (QED) is 0.600. The Morgan fingerprint density at radius 1 is 1.00 bits per heavy atom. The normalized spacial score (nSPS) is 15.8. The predicted octanol–water partition coefficient (Wildman–Crippen LogP) is 4.51. The van der Waals surface area contributed by atoms with Crippen LogP contribution in [0.25, 0.3) is 5.69 Å². The van der Waals surface area contributed by atoms with Gasteiger partial charge in [0.15, 0.2) is 0 Å². The van der Waals surface area contributed by atoms with Gasteiger partial charge in [-0.2, -0.15) is 5.10 Å². The Bertz CT molecular complexity index is 931. The molecule has 1 saturated heterocycles. The van der Waals surface area contributed by atoms with Gasteiger partial charge < -0.3 is 10.1 Å². The van der Waals surface area contributed by atoms with Crippen molar-refractivity contribution in [2.24, 2.45) is 0 Å². The molecule has 1 aliphatic heterocycles. The Morgan fingerprint density at radius 3 is 2.50 bits per heavy atom. The predicted molar refractivity (Wildman–Crippen MR) is 121 cm³/mol. The Balaban J connectivity index is 1.47. The van der Waals surface area contributed by atoms with Crippen LogP contribution in [0.2, 0.25) is 0 Å². The van der Waals surface area contributed by atoms with Crippen LogP contribution in [0, 0.1) is 6.92 Å². The number of piperidine rings is 1. The first kappa shape index (κ1) is 20.6. The summed E-state index contributed by atoms with van der Waals surface area (Å²) >= 11 is 0. The highest BCUT2D eigenvalue weighted by atomic mass is 16.5. The van der Waals surface area contributed by atoms with Crippen molar-refractivity contribution >= 4 is 0 Å². The summed E-state index contributed by atoms with van der Waals surface area (Å²) in [5, 5.41) is 8.40. The second-order valence-corrected chi connectivity index (χ2v) is 8.01. The average Bonchev–Trinajstić information content (AvgIpc) is 3.18. The van der Waals surface area contributed by atoms with Gasteiger partial charge in [-0.25, -0.2) is 4.68 Å². The van der Waals surface area contributed by atoms with E-state index in [4.69, 9.17) is 9.84 Å². The molecule has 158 valence electrons. The van der Waals surface area contributed by atoms with Gasteiger partial charge in [-0.1, -0.05) is 42.8 Å². The molecule has 3 aromatic rings. The second-order valence-electron chi connectivity index (χ2n) is 8.01. The number of rotatable bonds is 8. The molecule has 5 nitrogen and oxygen atoms in total. The van der Waals surface area contributed by atoms with Crippen LogP contribution in [-0.4, -0.2) is 41.4 Å². The van der Waals surface area contributed by atoms with Crippen molar-refractivity contribution < 1.29 is 4.74 Å². The summed E-state index contributed by atoms with van der Waals surface area (Å²) < 4.78 is 7.65. The highest BCUT2D eigenvalue weighted by molar-refractivity contribution is 5.36. The van der Waals surface area contributed by atoms with Crippen molar-refractivity contribution in [3.8, 4) is 11.4 Å². The van der Waals surface area contributed by atoms with E-state index in [1.165, 1.54) is 30.4 Å². The summed E-state index contributed by atoms with van der Waals surface area (Å²) in [6, 6.07) is 19.0. The van der Waals surface area contributed by atoms with Crippen LogP contribution in [0.5, 0.6) is 5.75 Å². The molecule has 5 heteroatoms. The van der Waals surface area contributed by atoms with Gasteiger partial charge in [0.1, 0.15) is 5.75 Å². The van der Waals surface area contributed by atoms with Crippen LogP contribution in [-0.2, 0) is 6.54 Å². The summed E-state index contributed by atoms with van der Waals surface area (Å²) in [4.78, 5) is 2.61. The number of ether oxygens (including phenoxy) is 1. The second kappa shape index (κ2) is 9.92. The van der Waals surface area contributed by atoms with Crippen molar-refractivity contribution in [1.29, 1.82) is 0 Å². The standard InChI is InChI=1S/C25H32N4O/c1-20-21(19-29(27-20)22-11-5-3-6-12-22)17-26-18-24(28-15-9-4-10-16-28)23-13-7-8-14-25(23)30-2/h3,5-8,11-14,19,24,26H,4,9-10,15-18H2,1-2H3. The molecular formula is C25H32N4O. The summed E-state index contributed by atoms with van der Waals surface area (Å²) in [5.74, 6) is 0.975. The maximum absolute atomic E-state index is 5.69. The largest absolute Gasteiger partial charge is 0.496 e. The third-order valence-electron chi connectivity index (χ3n) is 6.00. The molecule has 2 aromatic carbocycles. The molecule has 1 aromatic heterocycles. The Kier molecular flexibility index (Phi) is 6.82. The fourth-order valence-corrected chi connectivity index (χ4v) is 4.33. The minimum Gasteiger partial charge on any atom is -0.496 e. The first-order valence-electron chi connectivity index (χ1n) is 10.9. The number of aromatic nitrogens is 2. The molecule has 0 spiro atoms. The smallest absolute Gasteiger partial charge is 0.123 e. The summed E-state index contributed by atoms with van der Waals surface area (Å²) in [6.07, 6.45) is 6.01. The SMILES string of the molecule is COc1ccccc1C(CNCc1cn(-c2ccccc2)nc1C)N1CCCCC1. The first-order valence-corrected chi connectivity index (χ1v) is 10.9. The number of hydrogen-bond donors (Lipinski definition) is 1. The van der Waals surface area contributed by atoms with E-state index in [9.17, 15) is 0 Å². The average molecular weight is 405 g/mol. The zero-order valence-electron chi connectivity index (χ0n) is 18.1. The lowest BCUT2D eigenvalue weighted by Gasteiger charge is -2.35. The molecule has 0 saturated carbocycles. The summed E-state index contributed by atoms with van der Waals surface area (Å²) in [5.41, 5.74) is 4.66. The fraction of sp³-hybridized carbons (Fsp3) is 0.400. The zero-order valence-corrected chi connectivity index (χ0v) is 18.1. The van der Waals surface area contributed by atoms with Gasteiger partial charge in [0.2, 0.25) is 0 Å². The number of hydrogen-bond acceptors (Lipinski definition) is 4. The van der Waals surface area contributed by atoms with Crippen molar-refractivity contribution in [3.63, 3.8) is 0 Å². The van der Waals surface area contributed by atoms with Gasteiger partial charge in [-0.15, -0.1) is 0 Å². The van der Waals surface area contributed by atoms with Crippen LogP contribution in [0.1, 0.15) is 42.1 Å². The van der Waals surface area contributed by atoms with Crippen molar-refractivity contribution in [1.82, 2.24) is 20.0 Å². The molecule has 1 aliphatic rings. The van der Waals surface area contributed by atoms with E-state index in [1.807, 2.05) is 28.9 Å². The maximum atomic E-state index is 5.69. The van der Waals surface area contributed by atoms with Crippen LogP contribution in [0.3, 0.4) is 0 Å². The van der Waals surface area contributed by atoms with E-state index in [0.717, 1.165) is 43.3 Å². The molecule has 2 heterocycles. The van der Waals surface area contributed by atoms with E-state index in [1.54, 1.807) is 7.11 Å². The zero-order chi connectivity index (χ0) is 20.8. The molecule has 4 rings (SSSR count). The number of para-hydroxylation sites is 2. The lowest BCUT2D eigenvalue weighted by Crippen LogP contribution is -2.39. The number of methoxy groups -OCH3 is 1. The van der Waals surface area contributed by atoms with Gasteiger partial charge in [0.25, 0.3) is 0 Å². The number of likely N-dealkylation sites (tertiary alicyclic amines) is 1. The topological polar surface area (TPSA) is 42.3 Å². The Hall–Kier alpha value is -2.63. The molecule has 0 aliphatic carbocycles. The van der Waals surface area contributed by atoms with Crippen LogP contribution >= 0.6 is 0 Å². The molecule has 1 unspecified atom stereocenters. The number of benzene rings is 2. The molecule has 0 amide bonds. The summed E-state index contributed by atoms with van der Waals surface area (Å²) in [6.45, 7) is 6.07. The van der Waals surface area contributed by atoms with Gasteiger partial charge in [-0.3, -0.25) is 4.90 Å². The lowest BCUT2D eigenvalue weighted by molar-refractivity contribution is 0.157. The Labute approximate surface area is 179 Å². The van der Waals surface area contributed by atoms with E-state index in [-0.39, 0.29) is 0 Å². The van der Waals surface area contributed by atoms with Gasteiger partial charge >= 0.3 is 0 Å². The molecule has 1 fully saturated rings. The van der Waals surface area contributed by atoms with Crippen LogP contribution < -0.4 is 10.1 Å². The molecule has 1 N–H and O–H groups in total. The monoisotopic (exact) mass is 404 g/mol. The Morgan fingerprint density at radius 2 is 1.73 bits per heavy atom. The summed E-state index contributed by atoms with van der Waals surface area (Å²) in [7, 11) is 1.76. The van der Waals surface area contributed by atoms with E-state index < -0.39 is 0 Å². The van der Waals surface area contributed by atoms with Crippen molar-refractivity contribution in [2.75, 3.05) is 26.7 Å². The highest BCUT2D eigenvalue weighted by Gasteiger charge is 2.24. The third-order valence-corrected chi connectivity index (χ3v) is 6.00. The molecule has 30 heavy (non-hydrogen) atoms. The first-order chi connectivity index (χ1) is 14.8. The van der Waals surface area contributed by atoms with Gasteiger partial charge in [-0.05, 0) is 51.1 Å². The molecule has 1 atom stereocenters. The van der Waals surface area contributed by atoms with Gasteiger partial charge in [0.05, 0.1) is 24.5 Å². The number of nitrogens with one attached hydrogen (secondary N) is 1. The minimum absolute atomic E-state index is 0.311. The molecular weight excluding hydrogens is 372 g/mol. The van der Waals surface area contributed by atoms with Crippen molar-refractivity contribution in [3.05, 3.63) is 77.6 Å². The van der Waals surface area contributed by atoms with E-state index in [0.29, 0.717) is 6.04 Å². The minimum atomic E-state index is 0.311. The number of nitrogens with zero attached hydrogens (tertiary/aromatic N) is 3. The molecule has 0 radical (unpaired) electrons. The van der Waals surface area contributed by atoms with Crippen molar-refractivity contribution in [2.45, 2.75) is 38.8 Å². The van der Waals surface area contributed by atoms with Crippen LogP contribution in [0.4, 0.5) is 0 Å². The number of aryl methyl sites for hydroxylation is 1. The maximum Gasteiger partial charge on any atom is 0.123 e. The highest BCUT2D eigenvalue weighted by Crippen LogP contribution is 2.31.